The lowest BCUT2D eigenvalue weighted by Gasteiger charge is -2.15. The van der Waals surface area contributed by atoms with Crippen molar-refractivity contribution in [1.82, 2.24) is 5.32 Å². The Balaban J connectivity index is 0.00000324. The van der Waals surface area contributed by atoms with E-state index in [4.69, 9.17) is 5.73 Å². The smallest absolute Gasteiger partial charge is 0.223 e. The maximum Gasteiger partial charge on any atom is 0.223 e. The van der Waals surface area contributed by atoms with Crippen molar-refractivity contribution >= 4 is 30.1 Å². The van der Waals surface area contributed by atoms with Crippen LogP contribution in [0.2, 0.25) is 0 Å². The minimum absolute atomic E-state index is 0. The fraction of sp³-hybridized carbons (Fsp3) is 0.462. The van der Waals surface area contributed by atoms with Crippen LogP contribution in [0.5, 0.6) is 0 Å². The summed E-state index contributed by atoms with van der Waals surface area (Å²) < 4.78 is 12.7. The lowest BCUT2D eigenvalue weighted by atomic mass is 10.2. The molecule has 0 saturated carbocycles. The molecule has 3 N–H and O–H groups in total. The normalized spacial score (nSPS) is 13.3. The molecule has 6 heteroatoms. The second-order valence-corrected chi connectivity index (χ2v) is 5.40. The molecule has 0 spiro atoms. The van der Waals surface area contributed by atoms with E-state index in [2.05, 4.69) is 5.32 Å². The molecule has 0 saturated heterocycles. The standard InChI is InChI=1S/C13H19FN2OS.ClH/c1-9(13(17)16-10(2)7-15)8-18-12-5-3-11(14)4-6-12;/h3-6,9-10H,7-8,15H2,1-2H3,(H,16,17);1H/t9?,10-;/m0./s1. The maximum absolute atomic E-state index is 12.7. The summed E-state index contributed by atoms with van der Waals surface area (Å²) in [6, 6.07) is 6.27. The third-order valence-electron chi connectivity index (χ3n) is 2.50. The van der Waals surface area contributed by atoms with Gasteiger partial charge >= 0.3 is 0 Å². The number of carbonyl (C=O) groups excluding carboxylic acids is 1. The Morgan fingerprint density at radius 3 is 2.47 bits per heavy atom. The van der Waals surface area contributed by atoms with Crippen molar-refractivity contribution in [3.05, 3.63) is 30.1 Å². The molecule has 1 amide bonds. The third kappa shape index (κ3) is 6.80. The number of carbonyl (C=O) groups is 1. The Labute approximate surface area is 123 Å². The molecule has 0 bridgehead atoms. The molecule has 19 heavy (non-hydrogen) atoms. The highest BCUT2D eigenvalue weighted by Crippen LogP contribution is 2.20. The van der Waals surface area contributed by atoms with Gasteiger partial charge in [-0.1, -0.05) is 6.92 Å². The maximum atomic E-state index is 12.7. The number of hydrogen-bond acceptors (Lipinski definition) is 3. The van der Waals surface area contributed by atoms with Gasteiger partial charge in [0.2, 0.25) is 5.91 Å². The molecule has 1 unspecified atom stereocenters. The van der Waals surface area contributed by atoms with Crippen molar-refractivity contribution < 1.29 is 9.18 Å². The van der Waals surface area contributed by atoms with Crippen LogP contribution in [-0.2, 0) is 4.79 Å². The lowest BCUT2D eigenvalue weighted by molar-refractivity contribution is -0.124. The van der Waals surface area contributed by atoms with E-state index in [0.717, 1.165) is 4.90 Å². The Hall–Kier alpha value is -0.780. The van der Waals surface area contributed by atoms with Gasteiger partial charge in [-0.2, -0.15) is 0 Å². The molecule has 1 rings (SSSR count). The van der Waals surface area contributed by atoms with Crippen molar-refractivity contribution in [1.29, 1.82) is 0 Å². The predicted molar refractivity (Wildman–Crippen MR) is 80.2 cm³/mol. The highest BCUT2D eigenvalue weighted by atomic mass is 35.5. The number of amides is 1. The van der Waals surface area contributed by atoms with E-state index in [1.165, 1.54) is 12.1 Å². The number of thioether (sulfide) groups is 1. The number of benzene rings is 1. The topological polar surface area (TPSA) is 55.1 Å². The van der Waals surface area contributed by atoms with Crippen molar-refractivity contribution in [3.63, 3.8) is 0 Å². The Morgan fingerprint density at radius 1 is 1.37 bits per heavy atom. The molecule has 0 aliphatic rings. The van der Waals surface area contributed by atoms with Crippen LogP contribution in [0.4, 0.5) is 4.39 Å². The molecular weight excluding hydrogens is 287 g/mol. The molecule has 1 aromatic carbocycles. The quantitative estimate of drug-likeness (QED) is 0.794. The van der Waals surface area contributed by atoms with Gasteiger partial charge in [-0.05, 0) is 31.2 Å². The average molecular weight is 307 g/mol. The average Bonchev–Trinajstić information content (AvgIpc) is 2.37. The Morgan fingerprint density at radius 2 is 1.95 bits per heavy atom. The lowest BCUT2D eigenvalue weighted by Crippen LogP contribution is -2.41. The van der Waals surface area contributed by atoms with Gasteiger partial charge in [-0.15, -0.1) is 24.2 Å². The van der Waals surface area contributed by atoms with E-state index >= 15 is 0 Å². The Bertz CT molecular complexity index is 389. The van der Waals surface area contributed by atoms with Crippen LogP contribution in [0.15, 0.2) is 29.2 Å². The molecule has 0 aromatic heterocycles. The number of nitrogens with two attached hydrogens (primary N) is 1. The van der Waals surface area contributed by atoms with Crippen molar-refractivity contribution in [3.8, 4) is 0 Å². The van der Waals surface area contributed by atoms with E-state index in [9.17, 15) is 9.18 Å². The number of nitrogens with one attached hydrogen (secondary N) is 1. The van der Waals surface area contributed by atoms with Gasteiger partial charge in [0.1, 0.15) is 5.82 Å². The molecule has 0 radical (unpaired) electrons. The van der Waals surface area contributed by atoms with Gasteiger partial charge < -0.3 is 11.1 Å². The summed E-state index contributed by atoms with van der Waals surface area (Å²) in [6.45, 7) is 4.18. The van der Waals surface area contributed by atoms with Crippen LogP contribution in [-0.4, -0.2) is 24.2 Å². The summed E-state index contributed by atoms with van der Waals surface area (Å²) in [7, 11) is 0. The first-order chi connectivity index (χ1) is 8.52. The van der Waals surface area contributed by atoms with Gasteiger partial charge in [0.05, 0.1) is 0 Å². The van der Waals surface area contributed by atoms with Crippen LogP contribution in [0.25, 0.3) is 0 Å². The molecule has 0 fully saturated rings. The molecule has 1 aromatic rings. The molecule has 108 valence electrons. The predicted octanol–water partition coefficient (Wildman–Crippen LogP) is 2.44. The first-order valence-electron chi connectivity index (χ1n) is 5.91. The molecular formula is C13H20ClFN2OS. The van der Waals surface area contributed by atoms with E-state index in [0.29, 0.717) is 12.3 Å². The molecule has 3 nitrogen and oxygen atoms in total. The first-order valence-corrected chi connectivity index (χ1v) is 6.90. The highest BCUT2D eigenvalue weighted by Gasteiger charge is 2.14. The molecule has 2 atom stereocenters. The van der Waals surface area contributed by atoms with Gasteiger partial charge in [0, 0.05) is 29.2 Å². The Kier molecular flexibility index (Phi) is 8.80. The summed E-state index contributed by atoms with van der Waals surface area (Å²) in [4.78, 5) is 12.7. The summed E-state index contributed by atoms with van der Waals surface area (Å²) in [5.74, 6) is 0.313. The zero-order valence-corrected chi connectivity index (χ0v) is 12.7. The summed E-state index contributed by atoms with van der Waals surface area (Å²) in [5, 5.41) is 2.84. The molecule has 0 heterocycles. The van der Waals surface area contributed by atoms with E-state index in [1.807, 2.05) is 13.8 Å². The van der Waals surface area contributed by atoms with E-state index in [-0.39, 0.29) is 36.1 Å². The number of halogens is 2. The van der Waals surface area contributed by atoms with Crippen LogP contribution in [0, 0.1) is 11.7 Å². The van der Waals surface area contributed by atoms with Crippen LogP contribution in [0.1, 0.15) is 13.8 Å². The fourth-order valence-electron chi connectivity index (χ4n) is 1.27. The second-order valence-electron chi connectivity index (χ2n) is 4.31. The van der Waals surface area contributed by atoms with E-state index in [1.54, 1.807) is 23.9 Å². The zero-order valence-electron chi connectivity index (χ0n) is 11.1. The first kappa shape index (κ1) is 18.2. The largest absolute Gasteiger partial charge is 0.352 e. The minimum Gasteiger partial charge on any atom is -0.352 e. The van der Waals surface area contributed by atoms with Crippen LogP contribution < -0.4 is 11.1 Å². The minimum atomic E-state index is -0.248. The van der Waals surface area contributed by atoms with Gasteiger partial charge in [0.25, 0.3) is 0 Å². The second kappa shape index (κ2) is 9.18. The summed E-state index contributed by atoms with van der Waals surface area (Å²) in [6.07, 6.45) is 0. The van der Waals surface area contributed by atoms with Gasteiger partial charge in [-0.3, -0.25) is 4.79 Å². The number of rotatable bonds is 6. The molecule has 0 aliphatic carbocycles. The fourth-order valence-corrected chi connectivity index (χ4v) is 2.19. The number of hydrogen-bond donors (Lipinski definition) is 2. The highest BCUT2D eigenvalue weighted by molar-refractivity contribution is 7.99. The van der Waals surface area contributed by atoms with Crippen molar-refractivity contribution in [2.45, 2.75) is 24.8 Å². The SMILES string of the molecule is CC(CSc1ccc(F)cc1)C(=O)N[C@@H](C)CN.Cl. The molecule has 0 aliphatic heterocycles. The third-order valence-corrected chi connectivity index (χ3v) is 3.78. The summed E-state index contributed by atoms with van der Waals surface area (Å²) >= 11 is 1.54. The van der Waals surface area contributed by atoms with Gasteiger partial charge in [-0.25, -0.2) is 4.39 Å². The summed E-state index contributed by atoms with van der Waals surface area (Å²) in [5.41, 5.74) is 5.44. The van der Waals surface area contributed by atoms with Gasteiger partial charge in [0.15, 0.2) is 0 Å². The van der Waals surface area contributed by atoms with Crippen LogP contribution >= 0.6 is 24.2 Å². The van der Waals surface area contributed by atoms with E-state index < -0.39 is 0 Å². The van der Waals surface area contributed by atoms with Crippen LogP contribution in [0.3, 0.4) is 0 Å². The van der Waals surface area contributed by atoms with Crippen molar-refractivity contribution in [2.24, 2.45) is 11.7 Å². The monoisotopic (exact) mass is 306 g/mol. The van der Waals surface area contributed by atoms with Crippen molar-refractivity contribution in [2.75, 3.05) is 12.3 Å². The zero-order chi connectivity index (χ0) is 13.5.